The number of anilines is 1. The predicted molar refractivity (Wildman–Crippen MR) is 126 cm³/mol. The molecule has 0 bridgehead atoms. The van der Waals surface area contributed by atoms with Crippen molar-refractivity contribution in [2.24, 2.45) is 0 Å². The van der Waals surface area contributed by atoms with Gasteiger partial charge in [-0.1, -0.05) is 12.1 Å². The van der Waals surface area contributed by atoms with E-state index in [4.69, 9.17) is 14.9 Å². The Hall–Kier alpha value is -3.62. The monoisotopic (exact) mass is 453 g/mol. The van der Waals surface area contributed by atoms with E-state index in [9.17, 15) is 9.90 Å². The third-order valence-electron chi connectivity index (χ3n) is 5.45. The van der Waals surface area contributed by atoms with Gasteiger partial charge in [0.15, 0.2) is 5.88 Å². The fraction of sp³-hybridized carbons (Fsp3) is 0.417. The summed E-state index contributed by atoms with van der Waals surface area (Å²) in [6.45, 7) is 1.36. The minimum atomic E-state index is -0.926. The van der Waals surface area contributed by atoms with Crippen LogP contribution in [0.25, 0.3) is 0 Å². The number of hydrogen-bond donors (Lipinski definition) is 4. The third kappa shape index (κ3) is 7.20. The predicted octanol–water partition coefficient (Wildman–Crippen LogP) is 3.13. The fourth-order valence-corrected chi connectivity index (χ4v) is 3.71. The Balaban J connectivity index is 1.57. The van der Waals surface area contributed by atoms with Crippen LogP contribution in [0.1, 0.15) is 42.0 Å². The van der Waals surface area contributed by atoms with Crippen molar-refractivity contribution in [2.75, 3.05) is 32.6 Å². The SMILES string of the molecule is CN/C(=C\C(=N)CC(CC(=O)O)c1ccc(OC)nc1)OCCc1ccc2c(n1)NCCC2. The Morgan fingerprint density at radius 1 is 1.33 bits per heavy atom. The molecule has 4 N–H and O–H groups in total. The highest BCUT2D eigenvalue weighted by molar-refractivity contribution is 5.93. The summed E-state index contributed by atoms with van der Waals surface area (Å²) in [6, 6.07) is 7.62. The molecule has 1 unspecified atom stereocenters. The van der Waals surface area contributed by atoms with E-state index in [-0.39, 0.29) is 24.5 Å². The van der Waals surface area contributed by atoms with Crippen LogP contribution < -0.4 is 15.4 Å². The van der Waals surface area contributed by atoms with E-state index in [0.717, 1.165) is 36.5 Å². The number of carboxylic acid groups (broad SMARTS) is 1. The molecule has 0 aliphatic carbocycles. The number of carboxylic acids is 1. The summed E-state index contributed by atoms with van der Waals surface area (Å²) in [4.78, 5) is 20.2. The zero-order chi connectivity index (χ0) is 23.6. The first-order valence-electron chi connectivity index (χ1n) is 11.0. The van der Waals surface area contributed by atoms with Gasteiger partial charge in [0, 0.05) is 55.7 Å². The summed E-state index contributed by atoms with van der Waals surface area (Å²) >= 11 is 0. The van der Waals surface area contributed by atoms with Crippen LogP contribution in [-0.2, 0) is 22.4 Å². The second-order valence-electron chi connectivity index (χ2n) is 7.86. The average molecular weight is 454 g/mol. The van der Waals surface area contributed by atoms with Gasteiger partial charge in [0.2, 0.25) is 5.88 Å². The lowest BCUT2D eigenvalue weighted by molar-refractivity contribution is -0.137. The van der Waals surface area contributed by atoms with E-state index >= 15 is 0 Å². The quantitative estimate of drug-likeness (QED) is 0.285. The van der Waals surface area contributed by atoms with E-state index in [2.05, 4.69) is 26.7 Å². The standard InChI is InChI=1S/C24H31N5O4/c1-26-22(33-11-9-20-7-5-16-4-3-10-27-24(16)29-20)14-19(25)12-18(13-23(30)31)17-6-8-21(32-2)28-15-17/h5-8,14-15,18,25-26H,3-4,9-13H2,1-2H3,(H,27,29)(H,30,31)/b22-14+,25-19?. The van der Waals surface area contributed by atoms with Gasteiger partial charge >= 0.3 is 5.97 Å². The van der Waals surface area contributed by atoms with E-state index in [1.807, 2.05) is 6.07 Å². The van der Waals surface area contributed by atoms with Gasteiger partial charge in [0.25, 0.3) is 0 Å². The van der Waals surface area contributed by atoms with Crippen LogP contribution in [0.4, 0.5) is 5.82 Å². The number of nitrogens with zero attached hydrogens (tertiary/aromatic N) is 2. The number of hydrogen-bond acceptors (Lipinski definition) is 8. The van der Waals surface area contributed by atoms with Crippen molar-refractivity contribution in [3.63, 3.8) is 0 Å². The summed E-state index contributed by atoms with van der Waals surface area (Å²) < 4.78 is 10.9. The van der Waals surface area contributed by atoms with E-state index < -0.39 is 5.97 Å². The van der Waals surface area contributed by atoms with Crippen molar-refractivity contribution in [3.8, 4) is 5.88 Å². The summed E-state index contributed by atoms with van der Waals surface area (Å²) in [5, 5.41) is 24.0. The number of fused-ring (bicyclic) bond motifs is 1. The molecule has 2 aromatic heterocycles. The molecule has 0 fully saturated rings. The molecule has 2 aromatic rings. The summed E-state index contributed by atoms with van der Waals surface area (Å²) in [6.07, 6.45) is 6.15. The Morgan fingerprint density at radius 2 is 2.18 bits per heavy atom. The maximum absolute atomic E-state index is 11.4. The Labute approximate surface area is 193 Å². The molecule has 0 saturated carbocycles. The van der Waals surface area contributed by atoms with E-state index in [1.54, 1.807) is 31.5 Å². The number of rotatable bonds is 12. The van der Waals surface area contributed by atoms with Crippen molar-refractivity contribution >= 4 is 17.5 Å². The maximum atomic E-state index is 11.4. The third-order valence-corrected chi connectivity index (χ3v) is 5.45. The molecule has 3 rings (SSSR count). The molecule has 1 atom stereocenters. The summed E-state index contributed by atoms with van der Waals surface area (Å²) in [7, 11) is 3.25. The number of ether oxygens (including phenoxy) is 2. The second-order valence-corrected chi connectivity index (χ2v) is 7.86. The van der Waals surface area contributed by atoms with Gasteiger partial charge in [-0.2, -0.15) is 0 Å². The Morgan fingerprint density at radius 3 is 2.88 bits per heavy atom. The van der Waals surface area contributed by atoms with Crippen LogP contribution >= 0.6 is 0 Å². The molecule has 1 aliphatic rings. The molecule has 0 aromatic carbocycles. The lowest BCUT2D eigenvalue weighted by atomic mass is 9.91. The molecule has 0 radical (unpaired) electrons. The van der Waals surface area contributed by atoms with Gasteiger partial charge in [-0.25, -0.2) is 9.97 Å². The molecular weight excluding hydrogens is 422 g/mol. The number of aromatic nitrogens is 2. The van der Waals surface area contributed by atoms with E-state index in [1.165, 1.54) is 12.7 Å². The zero-order valence-electron chi connectivity index (χ0n) is 19.1. The first kappa shape index (κ1) is 24.0. The lowest BCUT2D eigenvalue weighted by Gasteiger charge is -2.18. The molecule has 9 heteroatoms. The molecule has 0 saturated heterocycles. The number of aliphatic carboxylic acids is 1. The minimum absolute atomic E-state index is 0.0992. The second kappa shape index (κ2) is 11.8. The largest absolute Gasteiger partial charge is 0.481 e. The minimum Gasteiger partial charge on any atom is -0.481 e. The molecule has 9 nitrogen and oxygen atoms in total. The van der Waals surface area contributed by atoms with Gasteiger partial charge < -0.3 is 30.6 Å². The maximum Gasteiger partial charge on any atom is 0.303 e. The first-order chi connectivity index (χ1) is 16.0. The first-order valence-corrected chi connectivity index (χ1v) is 11.0. The smallest absolute Gasteiger partial charge is 0.303 e. The van der Waals surface area contributed by atoms with Crippen molar-refractivity contribution < 1.29 is 19.4 Å². The van der Waals surface area contributed by atoms with E-state index in [0.29, 0.717) is 24.8 Å². The van der Waals surface area contributed by atoms with Gasteiger partial charge in [-0.15, -0.1) is 0 Å². The highest BCUT2D eigenvalue weighted by Gasteiger charge is 2.18. The summed E-state index contributed by atoms with van der Waals surface area (Å²) in [5.74, 6) is 0.568. The van der Waals surface area contributed by atoms with Crippen LogP contribution in [0, 0.1) is 5.41 Å². The molecule has 1 aliphatic heterocycles. The number of pyridine rings is 2. The van der Waals surface area contributed by atoms with Crippen molar-refractivity contribution in [2.45, 2.75) is 38.0 Å². The van der Waals surface area contributed by atoms with Crippen LogP contribution in [0.3, 0.4) is 0 Å². The molecule has 33 heavy (non-hydrogen) atoms. The lowest BCUT2D eigenvalue weighted by Crippen LogP contribution is -2.16. The van der Waals surface area contributed by atoms with Crippen LogP contribution in [0.15, 0.2) is 42.4 Å². The van der Waals surface area contributed by atoms with Crippen molar-refractivity contribution in [3.05, 3.63) is 59.2 Å². The molecule has 176 valence electrons. The van der Waals surface area contributed by atoms with Crippen LogP contribution in [0.5, 0.6) is 5.88 Å². The van der Waals surface area contributed by atoms with Crippen LogP contribution in [0.2, 0.25) is 0 Å². The fourth-order valence-electron chi connectivity index (χ4n) is 3.71. The number of aryl methyl sites for hydroxylation is 1. The summed E-state index contributed by atoms with van der Waals surface area (Å²) in [5.41, 5.74) is 3.20. The topological polar surface area (TPSA) is 129 Å². The Kier molecular flexibility index (Phi) is 8.63. The van der Waals surface area contributed by atoms with Gasteiger partial charge in [0.1, 0.15) is 5.82 Å². The van der Waals surface area contributed by atoms with Crippen molar-refractivity contribution in [1.29, 1.82) is 5.41 Å². The van der Waals surface area contributed by atoms with Gasteiger partial charge in [-0.05, 0) is 36.5 Å². The van der Waals surface area contributed by atoms with Gasteiger partial charge in [0.05, 0.1) is 20.1 Å². The molecular formula is C24H31N5O4. The van der Waals surface area contributed by atoms with Crippen molar-refractivity contribution in [1.82, 2.24) is 15.3 Å². The molecule has 0 amide bonds. The number of methoxy groups -OCH3 is 1. The van der Waals surface area contributed by atoms with Crippen LogP contribution in [-0.4, -0.2) is 54.1 Å². The normalized spacial score (nSPS) is 13.9. The molecule has 3 heterocycles. The Bertz CT molecular complexity index is 991. The number of allylic oxidation sites excluding steroid dienone is 1. The average Bonchev–Trinajstić information content (AvgIpc) is 2.82. The zero-order valence-corrected chi connectivity index (χ0v) is 19.1. The number of nitrogens with one attached hydrogen (secondary N) is 3. The highest BCUT2D eigenvalue weighted by Crippen LogP contribution is 2.25. The van der Waals surface area contributed by atoms with Gasteiger partial charge in [-0.3, -0.25) is 4.79 Å². The number of carbonyl (C=O) groups is 1. The highest BCUT2D eigenvalue weighted by atomic mass is 16.5. The molecule has 0 spiro atoms.